The van der Waals surface area contributed by atoms with Crippen molar-refractivity contribution in [2.24, 2.45) is 0 Å². The predicted molar refractivity (Wildman–Crippen MR) is 114 cm³/mol. The molecule has 0 fully saturated rings. The van der Waals surface area contributed by atoms with E-state index in [1.807, 2.05) is 55.5 Å². The Balaban J connectivity index is 1.74. The molecule has 1 aliphatic heterocycles. The van der Waals surface area contributed by atoms with Gasteiger partial charge < -0.3 is 10.1 Å². The van der Waals surface area contributed by atoms with E-state index < -0.39 is 6.04 Å². The highest BCUT2D eigenvalue weighted by molar-refractivity contribution is 9.10. The lowest BCUT2D eigenvalue weighted by Gasteiger charge is -2.27. The van der Waals surface area contributed by atoms with Crippen LogP contribution in [0.15, 0.2) is 57.8 Å². The number of rotatable bonds is 4. The Kier molecular flexibility index (Phi) is 4.55. The molecule has 2 aromatic carbocycles. The van der Waals surface area contributed by atoms with Crippen molar-refractivity contribution in [3.8, 4) is 17.0 Å². The molecular formula is C20H16BrN7O2. The first-order valence-corrected chi connectivity index (χ1v) is 10.1. The number of nitrogens with zero attached hydrogens (tertiary/aromatic N) is 5. The van der Waals surface area contributed by atoms with E-state index in [0.29, 0.717) is 29.5 Å². The van der Waals surface area contributed by atoms with E-state index in [4.69, 9.17) is 4.74 Å². The second kappa shape index (κ2) is 7.38. The lowest BCUT2D eigenvalue weighted by molar-refractivity contribution is 0.340. The van der Waals surface area contributed by atoms with Crippen LogP contribution in [0.1, 0.15) is 24.1 Å². The normalized spacial score (nSPS) is 14.5. The fraction of sp³-hybridized carbons (Fsp3) is 0.150. The van der Waals surface area contributed by atoms with E-state index in [1.165, 1.54) is 0 Å². The Morgan fingerprint density at radius 2 is 1.90 bits per heavy atom. The van der Waals surface area contributed by atoms with Crippen molar-refractivity contribution in [3.63, 3.8) is 0 Å². The van der Waals surface area contributed by atoms with Gasteiger partial charge in [-0.1, -0.05) is 45.3 Å². The highest BCUT2D eigenvalue weighted by Gasteiger charge is 2.34. The van der Waals surface area contributed by atoms with Crippen molar-refractivity contribution < 1.29 is 4.74 Å². The van der Waals surface area contributed by atoms with Gasteiger partial charge in [0.25, 0.3) is 5.56 Å². The molecule has 2 aromatic heterocycles. The zero-order chi connectivity index (χ0) is 20.7. The molecule has 5 rings (SSSR count). The minimum atomic E-state index is -0.435. The molecule has 0 bridgehead atoms. The molecule has 1 aliphatic rings. The van der Waals surface area contributed by atoms with E-state index in [1.54, 1.807) is 4.68 Å². The first-order chi connectivity index (χ1) is 14.7. The smallest absolute Gasteiger partial charge is 0.288 e. The van der Waals surface area contributed by atoms with Crippen LogP contribution in [0.5, 0.6) is 5.75 Å². The van der Waals surface area contributed by atoms with Crippen LogP contribution in [0.2, 0.25) is 0 Å². The monoisotopic (exact) mass is 465 g/mol. The minimum absolute atomic E-state index is 0.337. The molecule has 0 radical (unpaired) electrons. The van der Waals surface area contributed by atoms with Gasteiger partial charge in [0.15, 0.2) is 0 Å². The van der Waals surface area contributed by atoms with E-state index >= 15 is 0 Å². The molecule has 0 spiro atoms. The Hall–Kier alpha value is -3.53. The van der Waals surface area contributed by atoms with Crippen molar-refractivity contribution in [1.82, 2.24) is 30.4 Å². The van der Waals surface area contributed by atoms with Crippen molar-refractivity contribution in [3.05, 3.63) is 74.5 Å². The molecule has 0 unspecified atom stereocenters. The second-order valence-electron chi connectivity index (χ2n) is 6.67. The van der Waals surface area contributed by atoms with Crippen molar-refractivity contribution >= 4 is 27.6 Å². The van der Waals surface area contributed by atoms with Crippen LogP contribution in [-0.2, 0) is 0 Å². The molecule has 150 valence electrons. The molecule has 0 saturated carbocycles. The summed E-state index contributed by atoms with van der Waals surface area (Å²) < 4.78 is 8.17. The SMILES string of the molecule is CCOc1ccc([C@H]2c3c(-c4ccc(Br)cc4)n[nH]c(=O)c3Nc3nnnn32)cc1. The van der Waals surface area contributed by atoms with Gasteiger partial charge >= 0.3 is 0 Å². The van der Waals surface area contributed by atoms with Gasteiger partial charge in [-0.15, -0.1) is 0 Å². The summed E-state index contributed by atoms with van der Waals surface area (Å²) in [4.78, 5) is 12.7. The topological polar surface area (TPSA) is 111 Å². The van der Waals surface area contributed by atoms with Crippen LogP contribution >= 0.6 is 15.9 Å². The number of hydrogen-bond acceptors (Lipinski definition) is 7. The number of aromatic amines is 1. The fourth-order valence-corrected chi connectivity index (χ4v) is 3.85. The lowest BCUT2D eigenvalue weighted by Crippen LogP contribution is -2.29. The molecule has 1 atom stereocenters. The first kappa shape index (κ1) is 18.5. The number of benzene rings is 2. The standard InChI is InChI=1S/C20H16BrN7O2/c1-2-30-14-9-5-12(6-10-14)18-15-16(11-3-7-13(21)8-4-11)23-24-19(29)17(15)22-20-25-26-27-28(18)20/h3-10,18H,2H2,1H3,(H,24,29)(H,22,25,27)/t18-/m0/s1. The Morgan fingerprint density at radius 3 is 2.63 bits per heavy atom. The predicted octanol–water partition coefficient (Wildman–Crippen LogP) is 3.28. The third-order valence-electron chi connectivity index (χ3n) is 4.89. The molecule has 9 nitrogen and oxygen atoms in total. The van der Waals surface area contributed by atoms with E-state index in [-0.39, 0.29) is 5.56 Å². The van der Waals surface area contributed by atoms with Crippen LogP contribution < -0.4 is 15.6 Å². The average molecular weight is 466 g/mol. The summed E-state index contributed by atoms with van der Waals surface area (Å²) in [5.74, 6) is 1.16. The molecular weight excluding hydrogens is 450 g/mol. The average Bonchev–Trinajstić information content (AvgIpc) is 3.23. The van der Waals surface area contributed by atoms with Gasteiger partial charge in [0.05, 0.1) is 12.3 Å². The third-order valence-corrected chi connectivity index (χ3v) is 5.42. The van der Waals surface area contributed by atoms with Gasteiger partial charge in [0, 0.05) is 15.6 Å². The molecule has 0 aliphatic carbocycles. The summed E-state index contributed by atoms with van der Waals surface area (Å²) in [7, 11) is 0. The van der Waals surface area contributed by atoms with E-state index in [2.05, 4.69) is 47.0 Å². The van der Waals surface area contributed by atoms with Gasteiger partial charge in [-0.05, 0) is 47.2 Å². The van der Waals surface area contributed by atoms with Crippen molar-refractivity contribution in [1.29, 1.82) is 0 Å². The van der Waals surface area contributed by atoms with E-state index in [0.717, 1.165) is 21.3 Å². The van der Waals surface area contributed by atoms with Gasteiger partial charge in [-0.2, -0.15) is 9.78 Å². The number of fused-ring (bicyclic) bond motifs is 2. The molecule has 0 saturated heterocycles. The molecule has 30 heavy (non-hydrogen) atoms. The third kappa shape index (κ3) is 3.05. The number of anilines is 2. The highest BCUT2D eigenvalue weighted by Crippen LogP contribution is 2.41. The van der Waals surface area contributed by atoms with Crippen LogP contribution in [0.4, 0.5) is 11.6 Å². The molecule has 10 heteroatoms. The Morgan fingerprint density at radius 1 is 1.13 bits per heavy atom. The first-order valence-electron chi connectivity index (χ1n) is 9.32. The Bertz CT molecular complexity index is 1270. The maximum absolute atomic E-state index is 12.7. The van der Waals surface area contributed by atoms with Crippen LogP contribution in [0, 0.1) is 0 Å². The lowest BCUT2D eigenvalue weighted by atomic mass is 9.92. The zero-order valence-corrected chi connectivity index (χ0v) is 17.4. The maximum Gasteiger partial charge on any atom is 0.288 e. The van der Waals surface area contributed by atoms with Crippen LogP contribution in [0.3, 0.4) is 0 Å². The minimum Gasteiger partial charge on any atom is -0.494 e. The number of nitrogens with one attached hydrogen (secondary N) is 2. The molecule has 4 aromatic rings. The van der Waals surface area contributed by atoms with Gasteiger partial charge in [0.1, 0.15) is 17.5 Å². The Labute approximate surface area is 179 Å². The summed E-state index contributed by atoms with van der Waals surface area (Å²) in [5, 5.41) is 22.0. The molecule has 3 heterocycles. The number of hydrogen-bond donors (Lipinski definition) is 2. The summed E-state index contributed by atoms with van der Waals surface area (Å²) in [5.41, 5.74) is 3.15. The number of tetrazole rings is 1. The highest BCUT2D eigenvalue weighted by atomic mass is 79.9. The van der Waals surface area contributed by atoms with Crippen LogP contribution in [0.25, 0.3) is 11.3 Å². The zero-order valence-electron chi connectivity index (χ0n) is 15.8. The summed E-state index contributed by atoms with van der Waals surface area (Å²) in [6.07, 6.45) is 0. The second-order valence-corrected chi connectivity index (χ2v) is 7.59. The quantitative estimate of drug-likeness (QED) is 0.418. The number of H-pyrrole nitrogens is 1. The fourth-order valence-electron chi connectivity index (χ4n) is 3.59. The van der Waals surface area contributed by atoms with Gasteiger partial charge in [-0.3, -0.25) is 4.79 Å². The number of ether oxygens (including phenoxy) is 1. The number of halogens is 1. The summed E-state index contributed by atoms with van der Waals surface area (Å²) in [6.45, 7) is 2.52. The van der Waals surface area contributed by atoms with Gasteiger partial charge in [0.2, 0.25) is 5.95 Å². The van der Waals surface area contributed by atoms with Crippen molar-refractivity contribution in [2.45, 2.75) is 13.0 Å². The molecule has 2 N–H and O–H groups in total. The van der Waals surface area contributed by atoms with Crippen molar-refractivity contribution in [2.75, 3.05) is 11.9 Å². The maximum atomic E-state index is 12.7. The largest absolute Gasteiger partial charge is 0.494 e. The summed E-state index contributed by atoms with van der Waals surface area (Å²) >= 11 is 3.46. The number of aromatic nitrogens is 6. The summed E-state index contributed by atoms with van der Waals surface area (Å²) in [6, 6.07) is 15.0. The molecule has 0 amide bonds. The van der Waals surface area contributed by atoms with E-state index in [9.17, 15) is 4.79 Å². The van der Waals surface area contributed by atoms with Crippen LogP contribution in [-0.4, -0.2) is 37.0 Å². The van der Waals surface area contributed by atoms with Gasteiger partial charge in [-0.25, -0.2) is 5.10 Å².